The molecule has 1 aromatic rings. The van der Waals surface area contributed by atoms with E-state index in [0.717, 1.165) is 19.4 Å². The Morgan fingerprint density at radius 2 is 2.26 bits per heavy atom. The van der Waals surface area contributed by atoms with E-state index in [-0.39, 0.29) is 22.8 Å². The van der Waals surface area contributed by atoms with Gasteiger partial charge in [0, 0.05) is 24.7 Å². The molecule has 0 bridgehead atoms. The molecule has 0 aromatic heterocycles. The number of sulfonamides is 1. The average Bonchev–Trinajstić information content (AvgIpc) is 3.01. The molecule has 0 radical (unpaired) electrons. The standard InChI is InChI=1S/C15H23ClN2O4S/c1-11(10-21-2)22-14-6-5-12(16)8-15(14)23(19,20)18-9-13-4-3-7-17-13/h5-6,8,11,13,17-18H,3-4,7,9-10H2,1-2H3. The first-order valence-corrected chi connectivity index (χ1v) is 9.46. The molecule has 2 N–H and O–H groups in total. The normalized spacial score (nSPS) is 19.7. The summed E-state index contributed by atoms with van der Waals surface area (Å²) in [5.41, 5.74) is 0. The molecule has 1 aliphatic heterocycles. The third-order valence-electron chi connectivity index (χ3n) is 3.61. The van der Waals surface area contributed by atoms with Crippen molar-refractivity contribution in [1.29, 1.82) is 0 Å². The third kappa shape index (κ3) is 5.32. The molecule has 6 nitrogen and oxygen atoms in total. The Kier molecular flexibility index (Phi) is 6.67. The number of halogens is 1. The van der Waals surface area contributed by atoms with Crippen LogP contribution in [0.2, 0.25) is 5.02 Å². The van der Waals surface area contributed by atoms with Gasteiger partial charge in [0.25, 0.3) is 0 Å². The highest BCUT2D eigenvalue weighted by Crippen LogP contribution is 2.28. The Balaban J connectivity index is 2.16. The summed E-state index contributed by atoms with van der Waals surface area (Å²) in [6.45, 7) is 3.44. The van der Waals surface area contributed by atoms with Crippen molar-refractivity contribution in [2.75, 3.05) is 26.8 Å². The molecular formula is C15H23ClN2O4S. The summed E-state index contributed by atoms with van der Waals surface area (Å²) < 4.78 is 38.5. The van der Waals surface area contributed by atoms with Crippen molar-refractivity contribution in [3.8, 4) is 5.75 Å². The fraction of sp³-hybridized carbons (Fsp3) is 0.600. The lowest BCUT2D eigenvalue weighted by atomic mass is 10.2. The first kappa shape index (κ1) is 18.5. The minimum atomic E-state index is -3.70. The van der Waals surface area contributed by atoms with Crippen molar-refractivity contribution in [3.05, 3.63) is 23.2 Å². The molecule has 2 atom stereocenters. The lowest BCUT2D eigenvalue weighted by Crippen LogP contribution is -2.37. The molecule has 1 saturated heterocycles. The molecule has 1 aromatic carbocycles. The van der Waals surface area contributed by atoms with Gasteiger partial charge in [-0.2, -0.15) is 0 Å². The molecule has 1 heterocycles. The molecule has 1 aliphatic rings. The monoisotopic (exact) mass is 362 g/mol. The van der Waals surface area contributed by atoms with Crippen LogP contribution in [0.3, 0.4) is 0 Å². The Bertz CT molecular complexity index is 618. The zero-order valence-corrected chi connectivity index (χ0v) is 14.9. The second-order valence-electron chi connectivity index (χ2n) is 5.62. The largest absolute Gasteiger partial charge is 0.487 e. The minimum Gasteiger partial charge on any atom is -0.487 e. The molecule has 130 valence electrons. The quantitative estimate of drug-likeness (QED) is 0.737. The van der Waals surface area contributed by atoms with E-state index in [9.17, 15) is 8.42 Å². The van der Waals surface area contributed by atoms with Crippen LogP contribution in [0.1, 0.15) is 19.8 Å². The Hall–Kier alpha value is -0.860. The molecular weight excluding hydrogens is 340 g/mol. The summed E-state index contributed by atoms with van der Waals surface area (Å²) in [5, 5.41) is 3.60. The van der Waals surface area contributed by atoms with Gasteiger partial charge in [0.15, 0.2) is 0 Å². The van der Waals surface area contributed by atoms with Crippen molar-refractivity contribution in [2.24, 2.45) is 0 Å². The van der Waals surface area contributed by atoms with Gasteiger partial charge >= 0.3 is 0 Å². The maximum Gasteiger partial charge on any atom is 0.244 e. The molecule has 2 rings (SSSR count). The minimum absolute atomic E-state index is 0.0472. The van der Waals surface area contributed by atoms with Crippen LogP contribution in [0.4, 0.5) is 0 Å². The maximum absolute atomic E-state index is 12.6. The van der Waals surface area contributed by atoms with Crippen LogP contribution in [-0.2, 0) is 14.8 Å². The molecule has 0 amide bonds. The first-order chi connectivity index (χ1) is 10.9. The van der Waals surface area contributed by atoms with Gasteiger partial charge in [0.2, 0.25) is 10.0 Å². The fourth-order valence-electron chi connectivity index (χ4n) is 2.49. The summed E-state index contributed by atoms with van der Waals surface area (Å²) in [5.74, 6) is 0.269. The topological polar surface area (TPSA) is 76.7 Å². The van der Waals surface area contributed by atoms with E-state index in [2.05, 4.69) is 10.0 Å². The van der Waals surface area contributed by atoms with Gasteiger partial charge in [-0.3, -0.25) is 0 Å². The zero-order valence-electron chi connectivity index (χ0n) is 13.3. The number of rotatable bonds is 8. The molecule has 23 heavy (non-hydrogen) atoms. The van der Waals surface area contributed by atoms with Crippen LogP contribution in [0, 0.1) is 0 Å². The van der Waals surface area contributed by atoms with Crippen LogP contribution in [0.25, 0.3) is 0 Å². The van der Waals surface area contributed by atoms with Crippen molar-refractivity contribution in [3.63, 3.8) is 0 Å². The number of ether oxygens (including phenoxy) is 2. The molecule has 8 heteroatoms. The number of hydrogen-bond donors (Lipinski definition) is 2. The van der Waals surface area contributed by atoms with Gasteiger partial charge in [-0.25, -0.2) is 13.1 Å². The van der Waals surface area contributed by atoms with Crippen molar-refractivity contribution in [1.82, 2.24) is 10.0 Å². The highest BCUT2D eigenvalue weighted by Gasteiger charge is 2.23. The van der Waals surface area contributed by atoms with Crippen LogP contribution in [0.15, 0.2) is 23.1 Å². The number of methoxy groups -OCH3 is 1. The number of benzene rings is 1. The second-order valence-corrected chi connectivity index (χ2v) is 7.79. The second kappa shape index (κ2) is 8.30. The van der Waals surface area contributed by atoms with Gasteiger partial charge in [0.1, 0.15) is 16.7 Å². The molecule has 0 spiro atoms. The number of hydrogen-bond acceptors (Lipinski definition) is 5. The predicted molar refractivity (Wildman–Crippen MR) is 89.6 cm³/mol. The van der Waals surface area contributed by atoms with Crippen LogP contribution in [-0.4, -0.2) is 47.4 Å². The molecule has 0 aliphatic carbocycles. The van der Waals surface area contributed by atoms with Crippen molar-refractivity contribution in [2.45, 2.75) is 36.8 Å². The van der Waals surface area contributed by atoms with E-state index in [1.54, 1.807) is 19.2 Å². The maximum atomic E-state index is 12.6. The highest BCUT2D eigenvalue weighted by atomic mass is 35.5. The van der Waals surface area contributed by atoms with E-state index >= 15 is 0 Å². The SMILES string of the molecule is COCC(C)Oc1ccc(Cl)cc1S(=O)(=O)NCC1CCCN1. The van der Waals surface area contributed by atoms with Crippen LogP contribution < -0.4 is 14.8 Å². The number of nitrogens with one attached hydrogen (secondary N) is 2. The smallest absolute Gasteiger partial charge is 0.244 e. The van der Waals surface area contributed by atoms with E-state index in [4.69, 9.17) is 21.1 Å². The van der Waals surface area contributed by atoms with Gasteiger partial charge in [0.05, 0.1) is 6.61 Å². The summed E-state index contributed by atoms with van der Waals surface area (Å²) in [6.07, 6.45) is 1.75. The molecule has 2 unspecified atom stereocenters. The lowest BCUT2D eigenvalue weighted by molar-refractivity contribution is 0.0901. The Morgan fingerprint density at radius 3 is 2.91 bits per heavy atom. The van der Waals surface area contributed by atoms with E-state index < -0.39 is 10.0 Å². The molecule has 0 saturated carbocycles. The zero-order chi connectivity index (χ0) is 16.9. The van der Waals surface area contributed by atoms with Gasteiger partial charge in [-0.1, -0.05) is 11.6 Å². The van der Waals surface area contributed by atoms with Gasteiger partial charge in [-0.15, -0.1) is 0 Å². The van der Waals surface area contributed by atoms with Crippen molar-refractivity contribution >= 4 is 21.6 Å². The van der Waals surface area contributed by atoms with Crippen LogP contribution in [0.5, 0.6) is 5.75 Å². The van der Waals surface area contributed by atoms with E-state index in [0.29, 0.717) is 18.2 Å². The highest BCUT2D eigenvalue weighted by molar-refractivity contribution is 7.89. The molecule has 1 fully saturated rings. The fourth-order valence-corrected chi connectivity index (χ4v) is 3.97. The van der Waals surface area contributed by atoms with E-state index in [1.165, 1.54) is 6.07 Å². The van der Waals surface area contributed by atoms with Gasteiger partial charge < -0.3 is 14.8 Å². The lowest BCUT2D eigenvalue weighted by Gasteiger charge is -2.18. The average molecular weight is 363 g/mol. The predicted octanol–water partition coefficient (Wildman–Crippen LogP) is 1.78. The summed E-state index contributed by atoms with van der Waals surface area (Å²) in [4.78, 5) is 0.0472. The third-order valence-corrected chi connectivity index (χ3v) is 5.29. The summed E-state index contributed by atoms with van der Waals surface area (Å²) in [7, 11) is -2.14. The van der Waals surface area contributed by atoms with Crippen molar-refractivity contribution < 1.29 is 17.9 Å². The van der Waals surface area contributed by atoms with Crippen LogP contribution >= 0.6 is 11.6 Å². The Morgan fingerprint density at radius 1 is 1.48 bits per heavy atom. The Labute approximate surface area is 142 Å². The van der Waals surface area contributed by atoms with E-state index in [1.807, 2.05) is 6.92 Å². The van der Waals surface area contributed by atoms with Gasteiger partial charge in [-0.05, 0) is 44.5 Å². The first-order valence-electron chi connectivity index (χ1n) is 7.60. The summed E-state index contributed by atoms with van der Waals surface area (Å²) in [6, 6.07) is 4.74. The summed E-state index contributed by atoms with van der Waals surface area (Å²) >= 11 is 5.96.